The second-order valence-electron chi connectivity index (χ2n) is 5.90. The lowest BCUT2D eigenvalue weighted by atomic mass is 10.1. The van der Waals surface area contributed by atoms with Crippen LogP contribution in [0, 0.1) is 0 Å². The highest BCUT2D eigenvalue weighted by Gasteiger charge is 2.20. The van der Waals surface area contributed by atoms with Gasteiger partial charge in [-0.1, -0.05) is 55.5 Å². The average molecular weight is 317 g/mol. The average Bonchev–Trinajstić information content (AvgIpc) is 3.26. The van der Waals surface area contributed by atoms with E-state index in [-0.39, 0.29) is 6.04 Å². The minimum absolute atomic E-state index is 0.165. The fraction of sp³-hybridized carbons (Fsp3) is 0.200. The second kappa shape index (κ2) is 5.96. The predicted octanol–water partition coefficient (Wildman–Crippen LogP) is 4.86. The van der Waals surface area contributed by atoms with Gasteiger partial charge in [-0.05, 0) is 24.6 Å². The lowest BCUT2D eigenvalue weighted by Crippen LogP contribution is -2.08. The fourth-order valence-electron chi connectivity index (χ4n) is 3.14. The molecule has 2 heterocycles. The summed E-state index contributed by atoms with van der Waals surface area (Å²) < 4.78 is 8.11. The van der Waals surface area contributed by atoms with E-state index < -0.39 is 0 Å². The number of benzene rings is 2. The molecule has 0 spiro atoms. The molecular weight excluding hydrogens is 298 g/mol. The maximum Gasteiger partial charge on any atom is 0.264 e. The Balaban J connectivity index is 1.93. The number of hydrogen-bond donors (Lipinski definition) is 0. The first kappa shape index (κ1) is 14.7. The topological polar surface area (TPSA) is 43.9 Å². The van der Waals surface area contributed by atoms with Gasteiger partial charge in [0.25, 0.3) is 5.89 Å². The van der Waals surface area contributed by atoms with Gasteiger partial charge < -0.3 is 8.98 Å². The molecule has 0 N–H and O–H groups in total. The van der Waals surface area contributed by atoms with Gasteiger partial charge in [-0.25, -0.2) is 0 Å². The Morgan fingerprint density at radius 1 is 1.00 bits per heavy atom. The van der Waals surface area contributed by atoms with E-state index in [2.05, 4.69) is 76.3 Å². The largest absolute Gasteiger partial charge is 0.419 e. The standard InChI is InChI=1S/C20H19N3O/c1-3-19-21-22-20(24-19)18-13-16-11-7-8-12-17(16)23(18)14(2)15-9-5-4-6-10-15/h4-14H,3H2,1-2H3. The van der Waals surface area contributed by atoms with Gasteiger partial charge in [0.2, 0.25) is 5.89 Å². The van der Waals surface area contributed by atoms with Gasteiger partial charge in [-0.3, -0.25) is 0 Å². The Labute approximate surface area is 140 Å². The molecule has 0 aliphatic rings. The van der Waals surface area contributed by atoms with Crippen molar-refractivity contribution in [1.82, 2.24) is 14.8 Å². The maximum atomic E-state index is 5.83. The molecule has 0 aliphatic heterocycles. The van der Waals surface area contributed by atoms with Crippen molar-refractivity contribution in [3.63, 3.8) is 0 Å². The first-order chi connectivity index (χ1) is 11.8. The van der Waals surface area contributed by atoms with Gasteiger partial charge in [0, 0.05) is 17.3 Å². The summed E-state index contributed by atoms with van der Waals surface area (Å²) in [5.41, 5.74) is 3.37. The van der Waals surface area contributed by atoms with Crippen LogP contribution in [0.2, 0.25) is 0 Å². The van der Waals surface area contributed by atoms with Gasteiger partial charge >= 0.3 is 0 Å². The van der Waals surface area contributed by atoms with Crippen LogP contribution in [0.25, 0.3) is 22.5 Å². The molecule has 1 unspecified atom stereocenters. The van der Waals surface area contributed by atoms with Gasteiger partial charge in [-0.2, -0.15) is 0 Å². The highest BCUT2D eigenvalue weighted by Crippen LogP contribution is 2.33. The number of hydrogen-bond acceptors (Lipinski definition) is 3. The first-order valence-electron chi connectivity index (χ1n) is 8.25. The number of aryl methyl sites for hydroxylation is 1. The Morgan fingerprint density at radius 2 is 1.75 bits per heavy atom. The number of rotatable bonds is 4. The molecule has 0 aliphatic carbocycles. The molecule has 0 fully saturated rings. The van der Waals surface area contributed by atoms with Gasteiger partial charge in [0.05, 0.1) is 6.04 Å². The molecule has 4 heteroatoms. The van der Waals surface area contributed by atoms with Crippen LogP contribution in [-0.2, 0) is 6.42 Å². The fourth-order valence-corrected chi connectivity index (χ4v) is 3.14. The predicted molar refractivity (Wildman–Crippen MR) is 94.9 cm³/mol. The van der Waals surface area contributed by atoms with Crippen LogP contribution >= 0.6 is 0 Å². The van der Waals surface area contributed by atoms with Crippen molar-refractivity contribution in [2.24, 2.45) is 0 Å². The van der Waals surface area contributed by atoms with Crippen LogP contribution in [0.5, 0.6) is 0 Å². The molecule has 4 rings (SSSR count). The lowest BCUT2D eigenvalue weighted by molar-refractivity contribution is 0.506. The molecule has 4 nitrogen and oxygen atoms in total. The van der Waals surface area contributed by atoms with E-state index in [0.29, 0.717) is 11.8 Å². The minimum Gasteiger partial charge on any atom is -0.419 e. The van der Waals surface area contributed by atoms with Crippen molar-refractivity contribution >= 4 is 10.9 Å². The van der Waals surface area contributed by atoms with Crippen LogP contribution < -0.4 is 0 Å². The molecule has 120 valence electrons. The highest BCUT2D eigenvalue weighted by molar-refractivity contribution is 5.86. The molecule has 0 amide bonds. The normalized spacial score (nSPS) is 12.6. The third-order valence-electron chi connectivity index (χ3n) is 4.41. The Morgan fingerprint density at radius 3 is 2.50 bits per heavy atom. The van der Waals surface area contributed by atoms with Crippen LogP contribution in [0.15, 0.2) is 65.1 Å². The molecule has 1 atom stereocenters. The molecule has 2 aromatic heterocycles. The number of nitrogens with zero attached hydrogens (tertiary/aromatic N) is 3. The summed E-state index contributed by atoms with van der Waals surface area (Å²) >= 11 is 0. The zero-order valence-electron chi connectivity index (χ0n) is 13.8. The highest BCUT2D eigenvalue weighted by atomic mass is 16.4. The van der Waals surface area contributed by atoms with E-state index in [1.807, 2.05) is 13.0 Å². The molecule has 2 aromatic carbocycles. The van der Waals surface area contributed by atoms with Crippen molar-refractivity contribution in [3.05, 3.63) is 72.1 Å². The Kier molecular flexibility index (Phi) is 3.65. The van der Waals surface area contributed by atoms with Gasteiger partial charge in [0.1, 0.15) is 5.69 Å². The van der Waals surface area contributed by atoms with Crippen LogP contribution in [-0.4, -0.2) is 14.8 Å². The number of fused-ring (bicyclic) bond motifs is 1. The van der Waals surface area contributed by atoms with Crippen LogP contribution in [0.1, 0.15) is 31.3 Å². The van der Waals surface area contributed by atoms with E-state index in [4.69, 9.17) is 4.42 Å². The summed E-state index contributed by atoms with van der Waals surface area (Å²) in [5.74, 6) is 1.24. The first-order valence-corrected chi connectivity index (χ1v) is 8.25. The summed E-state index contributed by atoms with van der Waals surface area (Å²) in [5, 5.41) is 9.55. The van der Waals surface area contributed by atoms with Crippen LogP contribution in [0.4, 0.5) is 0 Å². The van der Waals surface area contributed by atoms with Crippen molar-refractivity contribution in [1.29, 1.82) is 0 Å². The third kappa shape index (κ3) is 2.40. The lowest BCUT2D eigenvalue weighted by Gasteiger charge is -2.18. The molecule has 24 heavy (non-hydrogen) atoms. The van der Waals surface area contributed by atoms with Crippen LogP contribution in [0.3, 0.4) is 0 Å². The van der Waals surface area contributed by atoms with E-state index in [1.165, 1.54) is 16.5 Å². The van der Waals surface area contributed by atoms with Gasteiger partial charge in [-0.15, -0.1) is 10.2 Å². The van der Waals surface area contributed by atoms with Gasteiger partial charge in [0.15, 0.2) is 0 Å². The monoisotopic (exact) mass is 317 g/mol. The Hall–Kier alpha value is -2.88. The maximum absolute atomic E-state index is 5.83. The number of para-hydroxylation sites is 1. The molecular formula is C20H19N3O. The zero-order chi connectivity index (χ0) is 16.5. The van der Waals surface area contributed by atoms with Crippen molar-refractivity contribution < 1.29 is 4.42 Å². The van der Waals surface area contributed by atoms with Crippen molar-refractivity contribution in [2.75, 3.05) is 0 Å². The molecule has 0 saturated heterocycles. The third-order valence-corrected chi connectivity index (χ3v) is 4.41. The zero-order valence-corrected chi connectivity index (χ0v) is 13.8. The minimum atomic E-state index is 0.165. The smallest absolute Gasteiger partial charge is 0.264 e. The summed E-state index contributed by atoms with van der Waals surface area (Å²) in [6.45, 7) is 4.21. The van der Waals surface area contributed by atoms with E-state index in [9.17, 15) is 0 Å². The summed E-state index contributed by atoms with van der Waals surface area (Å²) in [6.07, 6.45) is 0.738. The molecule has 4 aromatic rings. The quantitative estimate of drug-likeness (QED) is 0.540. The molecule has 0 saturated carbocycles. The summed E-state index contributed by atoms with van der Waals surface area (Å²) in [6, 6.07) is 21.1. The Bertz CT molecular complexity index is 969. The second-order valence-corrected chi connectivity index (χ2v) is 5.90. The van der Waals surface area contributed by atoms with E-state index >= 15 is 0 Å². The summed E-state index contributed by atoms with van der Waals surface area (Å²) in [4.78, 5) is 0. The van der Waals surface area contributed by atoms with E-state index in [0.717, 1.165) is 12.1 Å². The van der Waals surface area contributed by atoms with Crippen molar-refractivity contribution in [3.8, 4) is 11.6 Å². The van der Waals surface area contributed by atoms with E-state index in [1.54, 1.807) is 0 Å². The number of aromatic nitrogens is 3. The molecule has 0 bridgehead atoms. The van der Waals surface area contributed by atoms with Crippen molar-refractivity contribution in [2.45, 2.75) is 26.3 Å². The SMILES string of the molecule is CCc1nnc(-c2cc3ccccc3n2C(C)c2ccccc2)o1. The molecule has 0 radical (unpaired) electrons. The summed E-state index contributed by atoms with van der Waals surface area (Å²) in [7, 11) is 0.